The molecule has 11 nitrogen and oxygen atoms in total. The highest BCUT2D eigenvalue weighted by atomic mass is 35.5. The molecule has 0 spiro atoms. The van der Waals surface area contributed by atoms with Crippen LogP contribution in [0.1, 0.15) is 26.9 Å². The fourth-order valence-electron chi connectivity index (χ4n) is 3.75. The second kappa shape index (κ2) is 9.72. The van der Waals surface area contributed by atoms with Crippen LogP contribution in [0.3, 0.4) is 0 Å². The molecule has 4 aromatic rings. The predicted octanol–water partition coefficient (Wildman–Crippen LogP) is 2.61. The molecule has 2 aromatic carbocycles. The predicted molar refractivity (Wildman–Crippen MR) is 126 cm³/mol. The van der Waals surface area contributed by atoms with E-state index in [4.69, 9.17) is 31.5 Å². The van der Waals surface area contributed by atoms with Gasteiger partial charge >= 0.3 is 11.9 Å². The Morgan fingerprint density at radius 3 is 2.31 bits per heavy atom. The van der Waals surface area contributed by atoms with Gasteiger partial charge in [-0.3, -0.25) is 9.36 Å². The Morgan fingerprint density at radius 1 is 1.00 bits per heavy atom. The van der Waals surface area contributed by atoms with Gasteiger partial charge in [-0.1, -0.05) is 36.4 Å². The zero-order valence-electron chi connectivity index (χ0n) is 18.5. The van der Waals surface area contributed by atoms with E-state index in [9.17, 15) is 14.4 Å². The molecule has 3 unspecified atom stereocenters. The van der Waals surface area contributed by atoms with E-state index in [1.807, 2.05) is 0 Å². The normalized spacial score (nSPS) is 19.4. The molecule has 0 aliphatic carbocycles. The third-order valence-electron chi connectivity index (χ3n) is 5.47. The maximum Gasteiger partial charge on any atom is 0.338 e. The number of benzene rings is 2. The van der Waals surface area contributed by atoms with Crippen LogP contribution in [0, 0.1) is 0 Å². The minimum atomic E-state index is -1.38. The summed E-state index contributed by atoms with van der Waals surface area (Å²) in [6.07, 6.45) is -2.48. The summed E-state index contributed by atoms with van der Waals surface area (Å²) in [7, 11) is 0. The van der Waals surface area contributed by atoms with E-state index < -0.39 is 36.2 Å². The van der Waals surface area contributed by atoms with E-state index in [1.54, 1.807) is 60.7 Å². The van der Waals surface area contributed by atoms with Crippen molar-refractivity contribution in [1.82, 2.24) is 19.5 Å². The zero-order valence-corrected chi connectivity index (χ0v) is 19.2. The van der Waals surface area contributed by atoms with Gasteiger partial charge in [0.25, 0.3) is 0 Å². The van der Waals surface area contributed by atoms with Crippen LogP contribution in [0.4, 0.5) is 5.82 Å². The van der Waals surface area contributed by atoms with Crippen molar-refractivity contribution in [3.8, 4) is 0 Å². The van der Waals surface area contributed by atoms with Crippen LogP contribution >= 0.6 is 11.6 Å². The number of nitrogen functional groups attached to an aromatic ring is 1. The number of fused-ring (bicyclic) bond motifs is 1. The van der Waals surface area contributed by atoms with E-state index in [1.165, 1.54) is 10.9 Å². The molecule has 0 bridgehead atoms. The Labute approximate surface area is 208 Å². The van der Waals surface area contributed by atoms with E-state index >= 15 is 0 Å². The molecule has 1 saturated heterocycles. The number of carbonyl (C=O) groups excluding carboxylic acids is 3. The number of imidazole rings is 1. The second-order valence-electron chi connectivity index (χ2n) is 7.79. The summed E-state index contributed by atoms with van der Waals surface area (Å²) in [6.45, 7) is -0.354. The quantitative estimate of drug-likeness (QED) is 0.305. The molecular weight excluding hydrogens is 490 g/mol. The summed E-state index contributed by atoms with van der Waals surface area (Å²) in [4.78, 5) is 50.7. The number of anilines is 1. The highest BCUT2D eigenvalue weighted by Crippen LogP contribution is 2.32. The largest absolute Gasteiger partial charge is 0.459 e. The van der Waals surface area contributed by atoms with Crippen LogP contribution in [0.2, 0.25) is 5.28 Å². The van der Waals surface area contributed by atoms with E-state index in [0.29, 0.717) is 5.56 Å². The van der Waals surface area contributed by atoms with Crippen molar-refractivity contribution in [2.75, 3.05) is 12.3 Å². The molecule has 36 heavy (non-hydrogen) atoms. The van der Waals surface area contributed by atoms with Crippen LogP contribution in [0.25, 0.3) is 11.2 Å². The number of esters is 2. The minimum absolute atomic E-state index is 0.0228. The van der Waals surface area contributed by atoms with Gasteiger partial charge < -0.3 is 19.9 Å². The van der Waals surface area contributed by atoms with Crippen LogP contribution in [0.5, 0.6) is 0 Å². The fraction of sp³-hybridized carbons (Fsp3) is 0.167. The highest BCUT2D eigenvalue weighted by Gasteiger charge is 2.48. The zero-order chi connectivity index (χ0) is 25.2. The lowest BCUT2D eigenvalue weighted by atomic mass is 10.1. The van der Waals surface area contributed by atoms with Gasteiger partial charge in [0.2, 0.25) is 17.3 Å². The average Bonchev–Trinajstić information content (AvgIpc) is 3.44. The number of nitrogens with zero attached hydrogens (tertiary/aromatic N) is 4. The number of nitrogens with two attached hydrogens (primary N) is 1. The lowest BCUT2D eigenvalue weighted by molar-refractivity contribution is -0.130. The van der Waals surface area contributed by atoms with Crippen molar-refractivity contribution in [2.45, 2.75) is 18.4 Å². The Bertz CT molecular complexity index is 1450. The van der Waals surface area contributed by atoms with Crippen molar-refractivity contribution < 1.29 is 28.6 Å². The number of carbonyl (C=O) groups is 3. The van der Waals surface area contributed by atoms with Gasteiger partial charge in [-0.05, 0) is 35.9 Å². The molecule has 3 heterocycles. The van der Waals surface area contributed by atoms with Crippen LogP contribution in [0.15, 0.2) is 67.0 Å². The number of rotatable bonds is 6. The summed E-state index contributed by atoms with van der Waals surface area (Å²) in [5.74, 6) is -1.94. The summed E-state index contributed by atoms with van der Waals surface area (Å²) in [6, 6.07) is 16.5. The third-order valence-corrected chi connectivity index (χ3v) is 5.64. The summed E-state index contributed by atoms with van der Waals surface area (Å²) in [5, 5.41) is -0.146. The molecule has 0 amide bonds. The SMILES string of the molecule is Nc1nc(Cl)nc2c1ncn2C1OC(COC(=O)c2ccccc2)C(OC(=O)c2ccccc2)C1=O. The van der Waals surface area contributed by atoms with Crippen molar-refractivity contribution in [2.24, 2.45) is 0 Å². The van der Waals surface area contributed by atoms with Gasteiger partial charge in [-0.15, -0.1) is 0 Å². The lowest BCUT2D eigenvalue weighted by Crippen LogP contribution is -2.36. The monoisotopic (exact) mass is 507 g/mol. The number of halogens is 1. The van der Waals surface area contributed by atoms with Crippen molar-refractivity contribution in [3.05, 3.63) is 83.4 Å². The van der Waals surface area contributed by atoms with Crippen LogP contribution < -0.4 is 5.73 Å². The molecule has 2 N–H and O–H groups in total. The maximum atomic E-state index is 13.4. The van der Waals surface area contributed by atoms with Gasteiger partial charge in [0.1, 0.15) is 18.2 Å². The Balaban J connectivity index is 1.43. The van der Waals surface area contributed by atoms with E-state index in [0.717, 1.165) is 0 Å². The Morgan fingerprint density at radius 2 is 1.64 bits per heavy atom. The number of ether oxygens (including phenoxy) is 3. The number of ketones is 1. The lowest BCUT2D eigenvalue weighted by Gasteiger charge is -2.17. The first-order valence-electron chi connectivity index (χ1n) is 10.8. The second-order valence-corrected chi connectivity index (χ2v) is 8.13. The molecule has 182 valence electrons. The topological polar surface area (TPSA) is 149 Å². The Kier molecular flexibility index (Phi) is 6.32. The van der Waals surface area contributed by atoms with Crippen LogP contribution in [-0.4, -0.2) is 56.1 Å². The summed E-state index contributed by atoms with van der Waals surface area (Å²) < 4.78 is 18.1. The van der Waals surface area contributed by atoms with Crippen molar-refractivity contribution in [1.29, 1.82) is 0 Å². The molecule has 1 fully saturated rings. The highest BCUT2D eigenvalue weighted by molar-refractivity contribution is 6.28. The average molecular weight is 508 g/mol. The van der Waals surface area contributed by atoms with E-state index in [-0.39, 0.29) is 34.4 Å². The number of hydrogen-bond acceptors (Lipinski definition) is 10. The molecule has 1 aliphatic rings. The van der Waals surface area contributed by atoms with Crippen LogP contribution in [-0.2, 0) is 19.0 Å². The minimum Gasteiger partial charge on any atom is -0.459 e. The smallest absolute Gasteiger partial charge is 0.338 e. The first-order valence-corrected chi connectivity index (χ1v) is 11.1. The third kappa shape index (κ3) is 4.49. The molecule has 0 saturated carbocycles. The molecule has 12 heteroatoms. The van der Waals surface area contributed by atoms with Gasteiger partial charge in [0.05, 0.1) is 17.5 Å². The molecule has 1 aliphatic heterocycles. The first kappa shape index (κ1) is 23.4. The van der Waals surface area contributed by atoms with E-state index in [2.05, 4.69) is 15.0 Å². The summed E-state index contributed by atoms with van der Waals surface area (Å²) in [5.41, 5.74) is 6.79. The number of aromatic nitrogens is 4. The molecule has 5 rings (SSSR count). The molecule has 0 radical (unpaired) electrons. The van der Waals surface area contributed by atoms with Crippen molar-refractivity contribution in [3.63, 3.8) is 0 Å². The maximum absolute atomic E-state index is 13.4. The Hall–Kier alpha value is -4.35. The number of Topliss-reactive ketones (excluding diaryl/α,β-unsaturated/α-hetero) is 1. The van der Waals surface area contributed by atoms with Gasteiger partial charge in [-0.25, -0.2) is 14.6 Å². The van der Waals surface area contributed by atoms with Gasteiger partial charge in [0.15, 0.2) is 17.6 Å². The molecule has 3 atom stereocenters. The molecule has 2 aromatic heterocycles. The first-order chi connectivity index (χ1) is 17.4. The standard InChI is InChI=1S/C24H18ClN5O6/c25-24-28-19(26)16-20(29-24)30(12-27-16)21-17(31)18(36-23(33)14-9-5-2-6-10-14)15(35-21)11-34-22(32)13-7-3-1-4-8-13/h1-10,12,15,18,21H,11H2,(H2,26,28,29). The van der Waals surface area contributed by atoms with Crippen molar-refractivity contribution >= 4 is 46.3 Å². The summed E-state index contributed by atoms with van der Waals surface area (Å²) >= 11 is 5.94. The molecular formula is C24H18ClN5O6. The van der Waals surface area contributed by atoms with Gasteiger partial charge in [-0.2, -0.15) is 9.97 Å². The van der Waals surface area contributed by atoms with Gasteiger partial charge in [0, 0.05) is 0 Å². The number of hydrogen-bond donors (Lipinski definition) is 1. The fourth-order valence-corrected chi connectivity index (χ4v) is 3.92.